The molecule has 0 radical (unpaired) electrons. The van der Waals surface area contributed by atoms with Crippen molar-refractivity contribution in [2.45, 2.75) is 33.4 Å². The third kappa shape index (κ3) is 3.03. The van der Waals surface area contributed by atoms with Gasteiger partial charge in [0.15, 0.2) is 0 Å². The van der Waals surface area contributed by atoms with Crippen LogP contribution in [0, 0.1) is 0 Å². The molecule has 1 unspecified atom stereocenters. The van der Waals surface area contributed by atoms with Gasteiger partial charge in [0, 0.05) is 32.2 Å². The lowest BCUT2D eigenvalue weighted by molar-refractivity contribution is 0.195. The minimum atomic E-state index is 0.563. The number of hydrogen-bond acceptors (Lipinski definition) is 5. The maximum atomic E-state index is 5.57. The molecular formula is C13H24N4O. The summed E-state index contributed by atoms with van der Waals surface area (Å²) in [5, 5.41) is 3.26. The predicted molar refractivity (Wildman–Crippen MR) is 72.8 cm³/mol. The fraction of sp³-hybridized carbons (Fsp3) is 0.769. The summed E-state index contributed by atoms with van der Waals surface area (Å²) in [5.74, 6) is 0. The van der Waals surface area contributed by atoms with Gasteiger partial charge in [0.05, 0.1) is 5.69 Å². The van der Waals surface area contributed by atoms with E-state index in [2.05, 4.69) is 40.9 Å². The van der Waals surface area contributed by atoms with Crippen molar-refractivity contribution < 1.29 is 4.42 Å². The molecule has 18 heavy (non-hydrogen) atoms. The Hall–Kier alpha value is -1.07. The van der Waals surface area contributed by atoms with Crippen molar-refractivity contribution in [3.05, 3.63) is 12.0 Å². The Kier molecular flexibility index (Phi) is 4.60. The Morgan fingerprint density at radius 3 is 2.94 bits per heavy atom. The van der Waals surface area contributed by atoms with E-state index in [4.69, 9.17) is 4.42 Å². The molecule has 1 atom stereocenters. The van der Waals surface area contributed by atoms with Gasteiger partial charge in [0.1, 0.15) is 6.26 Å². The molecule has 1 aliphatic heterocycles. The normalized spacial score (nSPS) is 21.5. The topological polar surface area (TPSA) is 44.5 Å². The second-order valence-electron chi connectivity index (χ2n) is 4.83. The van der Waals surface area contributed by atoms with Gasteiger partial charge in [0.25, 0.3) is 6.01 Å². The molecule has 0 saturated carbocycles. The summed E-state index contributed by atoms with van der Waals surface area (Å²) >= 11 is 0. The van der Waals surface area contributed by atoms with Crippen LogP contribution in [-0.2, 0) is 6.54 Å². The van der Waals surface area contributed by atoms with Crippen LogP contribution in [-0.4, -0.2) is 48.6 Å². The number of nitrogens with zero attached hydrogens (tertiary/aromatic N) is 3. The van der Waals surface area contributed by atoms with Gasteiger partial charge in [-0.05, 0) is 20.0 Å². The highest BCUT2D eigenvalue weighted by Gasteiger charge is 2.24. The molecule has 2 heterocycles. The average Bonchev–Trinajstić information content (AvgIpc) is 2.85. The van der Waals surface area contributed by atoms with Crippen LogP contribution in [0.5, 0.6) is 0 Å². The lowest BCUT2D eigenvalue weighted by atomic mass is 10.2. The first-order valence-corrected chi connectivity index (χ1v) is 6.88. The zero-order valence-corrected chi connectivity index (χ0v) is 11.6. The molecule has 1 aliphatic rings. The van der Waals surface area contributed by atoms with Gasteiger partial charge in [-0.15, -0.1) is 0 Å². The molecule has 0 spiro atoms. The van der Waals surface area contributed by atoms with E-state index < -0.39 is 0 Å². The molecule has 5 heteroatoms. The van der Waals surface area contributed by atoms with Gasteiger partial charge < -0.3 is 14.6 Å². The van der Waals surface area contributed by atoms with Crippen LogP contribution in [0.2, 0.25) is 0 Å². The van der Waals surface area contributed by atoms with Crippen molar-refractivity contribution in [1.29, 1.82) is 0 Å². The van der Waals surface area contributed by atoms with E-state index in [-0.39, 0.29) is 0 Å². The van der Waals surface area contributed by atoms with Crippen LogP contribution in [0.25, 0.3) is 0 Å². The number of rotatable bonds is 5. The Morgan fingerprint density at radius 2 is 2.28 bits per heavy atom. The van der Waals surface area contributed by atoms with Crippen molar-refractivity contribution >= 4 is 6.01 Å². The van der Waals surface area contributed by atoms with E-state index in [0.29, 0.717) is 6.04 Å². The molecule has 0 amide bonds. The summed E-state index contributed by atoms with van der Waals surface area (Å²) in [6.07, 6.45) is 1.76. The van der Waals surface area contributed by atoms with Crippen LogP contribution in [0.15, 0.2) is 10.7 Å². The van der Waals surface area contributed by atoms with Crippen molar-refractivity contribution in [1.82, 2.24) is 15.2 Å². The predicted octanol–water partition coefficient (Wildman–Crippen LogP) is 1.31. The molecule has 2 rings (SSSR count). The second-order valence-corrected chi connectivity index (χ2v) is 4.83. The monoisotopic (exact) mass is 252 g/mol. The lowest BCUT2D eigenvalue weighted by Gasteiger charge is -2.38. The van der Waals surface area contributed by atoms with Gasteiger partial charge in [-0.1, -0.05) is 13.8 Å². The Bertz CT molecular complexity index is 366. The van der Waals surface area contributed by atoms with E-state index in [9.17, 15) is 0 Å². The van der Waals surface area contributed by atoms with Gasteiger partial charge >= 0.3 is 0 Å². The summed E-state index contributed by atoms with van der Waals surface area (Å²) in [7, 11) is 0. The average molecular weight is 252 g/mol. The zero-order valence-electron chi connectivity index (χ0n) is 11.6. The van der Waals surface area contributed by atoms with E-state index in [1.165, 1.54) is 0 Å². The summed E-state index contributed by atoms with van der Waals surface area (Å²) in [6, 6.07) is 1.33. The molecule has 5 nitrogen and oxygen atoms in total. The van der Waals surface area contributed by atoms with Gasteiger partial charge in [-0.3, -0.25) is 4.90 Å². The summed E-state index contributed by atoms with van der Waals surface area (Å²) in [4.78, 5) is 9.26. The smallest absolute Gasteiger partial charge is 0.297 e. The number of aromatic nitrogens is 1. The summed E-state index contributed by atoms with van der Waals surface area (Å²) < 4.78 is 5.57. The highest BCUT2D eigenvalue weighted by molar-refractivity contribution is 5.28. The first-order valence-electron chi connectivity index (χ1n) is 6.88. The van der Waals surface area contributed by atoms with Crippen LogP contribution < -0.4 is 10.2 Å². The quantitative estimate of drug-likeness (QED) is 0.856. The zero-order chi connectivity index (χ0) is 13.0. The Morgan fingerprint density at radius 1 is 1.44 bits per heavy atom. The molecule has 0 aliphatic carbocycles. The van der Waals surface area contributed by atoms with Crippen LogP contribution >= 0.6 is 0 Å². The molecule has 102 valence electrons. The van der Waals surface area contributed by atoms with Crippen molar-refractivity contribution in [3.63, 3.8) is 0 Å². The van der Waals surface area contributed by atoms with Gasteiger partial charge in [-0.25, -0.2) is 0 Å². The van der Waals surface area contributed by atoms with E-state index >= 15 is 0 Å². The number of piperazine rings is 1. The number of oxazole rings is 1. The third-order valence-corrected chi connectivity index (χ3v) is 3.54. The molecule has 1 fully saturated rings. The number of nitrogens with one attached hydrogen (secondary N) is 1. The first-order chi connectivity index (χ1) is 8.74. The third-order valence-electron chi connectivity index (χ3n) is 3.54. The minimum absolute atomic E-state index is 0.563. The molecule has 1 N–H and O–H groups in total. The fourth-order valence-electron chi connectivity index (χ4n) is 2.41. The molecule has 0 aromatic carbocycles. The van der Waals surface area contributed by atoms with E-state index in [1.54, 1.807) is 6.26 Å². The molecule has 0 bridgehead atoms. The number of anilines is 1. The maximum Gasteiger partial charge on any atom is 0.297 e. The second kappa shape index (κ2) is 6.20. The van der Waals surface area contributed by atoms with Crippen LogP contribution in [0.4, 0.5) is 6.01 Å². The molecule has 1 saturated heterocycles. The highest BCUT2D eigenvalue weighted by atomic mass is 16.4. The SMILES string of the molecule is CCNCc1coc(N2CCN(CC)C(C)C2)n1. The Balaban J connectivity index is 1.93. The molecule has 1 aromatic rings. The van der Waals surface area contributed by atoms with Gasteiger partial charge in [0.2, 0.25) is 0 Å². The maximum absolute atomic E-state index is 5.57. The van der Waals surface area contributed by atoms with Crippen LogP contribution in [0.3, 0.4) is 0 Å². The number of likely N-dealkylation sites (N-methyl/N-ethyl adjacent to an activating group) is 1. The van der Waals surface area contributed by atoms with Crippen molar-refractivity contribution in [2.75, 3.05) is 37.6 Å². The van der Waals surface area contributed by atoms with Crippen molar-refractivity contribution in [3.8, 4) is 0 Å². The summed E-state index contributed by atoms with van der Waals surface area (Å²) in [6.45, 7) is 12.5. The van der Waals surface area contributed by atoms with E-state index in [0.717, 1.165) is 51.0 Å². The lowest BCUT2D eigenvalue weighted by Crippen LogP contribution is -2.51. The number of hydrogen-bond donors (Lipinski definition) is 1. The molecular weight excluding hydrogens is 228 g/mol. The Labute approximate surface area is 109 Å². The van der Waals surface area contributed by atoms with Crippen molar-refractivity contribution in [2.24, 2.45) is 0 Å². The van der Waals surface area contributed by atoms with Crippen LogP contribution in [0.1, 0.15) is 26.5 Å². The minimum Gasteiger partial charge on any atom is -0.432 e. The first kappa shape index (κ1) is 13.4. The standard InChI is InChI=1S/C13H24N4O/c1-4-14-8-12-10-18-13(15-12)17-7-6-16(5-2)11(3)9-17/h10-11,14H,4-9H2,1-3H3. The highest BCUT2D eigenvalue weighted by Crippen LogP contribution is 2.18. The summed E-state index contributed by atoms with van der Waals surface area (Å²) in [5.41, 5.74) is 0.984. The van der Waals surface area contributed by atoms with Gasteiger partial charge in [-0.2, -0.15) is 4.98 Å². The fourth-order valence-corrected chi connectivity index (χ4v) is 2.41. The largest absolute Gasteiger partial charge is 0.432 e. The van der Waals surface area contributed by atoms with E-state index in [1.807, 2.05) is 0 Å². The molecule has 1 aromatic heterocycles.